The summed E-state index contributed by atoms with van der Waals surface area (Å²) in [7, 11) is 0. The Kier molecular flexibility index (Phi) is 5.09. The molecular formula is C26H19ClFN7O2. The van der Waals surface area contributed by atoms with Gasteiger partial charge in [-0.1, -0.05) is 29.8 Å². The Labute approximate surface area is 214 Å². The van der Waals surface area contributed by atoms with Crippen molar-refractivity contribution in [3.05, 3.63) is 94.3 Å². The van der Waals surface area contributed by atoms with Gasteiger partial charge in [-0.3, -0.25) is 4.79 Å². The highest BCUT2D eigenvalue weighted by molar-refractivity contribution is 6.30. The molecule has 1 atom stereocenters. The maximum Gasteiger partial charge on any atom is 0.240 e. The number of imidazole rings is 1. The summed E-state index contributed by atoms with van der Waals surface area (Å²) in [6.07, 6.45) is 5.66. The molecule has 4 heterocycles. The van der Waals surface area contributed by atoms with Crippen LogP contribution in [0.2, 0.25) is 5.02 Å². The molecule has 1 amide bonds. The number of phenols is 1. The van der Waals surface area contributed by atoms with Crippen LogP contribution in [0.3, 0.4) is 0 Å². The van der Waals surface area contributed by atoms with Crippen LogP contribution >= 0.6 is 11.6 Å². The Bertz CT molecular complexity index is 1740. The monoisotopic (exact) mass is 515 g/mol. The van der Waals surface area contributed by atoms with E-state index >= 15 is 0 Å². The maximum absolute atomic E-state index is 14.1. The fraction of sp³-hybridized carbons (Fsp3) is 0.115. The van der Waals surface area contributed by atoms with E-state index in [4.69, 9.17) is 22.3 Å². The van der Waals surface area contributed by atoms with Gasteiger partial charge in [0.1, 0.15) is 22.7 Å². The van der Waals surface area contributed by atoms with E-state index in [1.54, 1.807) is 31.6 Å². The maximum atomic E-state index is 14.1. The minimum Gasteiger partial charge on any atom is -0.505 e. The first-order chi connectivity index (χ1) is 17.7. The number of aromatic hydroxyl groups is 1. The molecule has 11 heteroatoms. The molecule has 1 aliphatic rings. The first kappa shape index (κ1) is 22.9. The molecule has 9 nitrogen and oxygen atoms in total. The van der Waals surface area contributed by atoms with Gasteiger partial charge in [0.15, 0.2) is 23.0 Å². The highest BCUT2D eigenvalue weighted by Crippen LogP contribution is 2.45. The number of hydrogen-bond acceptors (Lipinski definition) is 7. The lowest BCUT2D eigenvalue weighted by Crippen LogP contribution is -2.33. The van der Waals surface area contributed by atoms with E-state index in [0.717, 1.165) is 11.6 Å². The number of nitrogens with zero attached hydrogens (tertiary/aromatic N) is 5. The van der Waals surface area contributed by atoms with E-state index < -0.39 is 22.9 Å². The summed E-state index contributed by atoms with van der Waals surface area (Å²) in [6, 6.07) is 11.3. The first-order valence-electron chi connectivity index (χ1n) is 11.3. The predicted octanol–water partition coefficient (Wildman–Crippen LogP) is 4.12. The Balaban J connectivity index is 1.46. The molecule has 0 bridgehead atoms. The van der Waals surface area contributed by atoms with Crippen LogP contribution < -0.4 is 11.1 Å². The molecule has 0 unspecified atom stereocenters. The second-order valence-electron chi connectivity index (χ2n) is 8.94. The lowest BCUT2D eigenvalue weighted by Gasteiger charge is -2.23. The van der Waals surface area contributed by atoms with Gasteiger partial charge in [0, 0.05) is 30.0 Å². The number of nitrogen functional groups attached to an aromatic ring is 1. The number of carbonyl (C=O) groups is 1. The van der Waals surface area contributed by atoms with Crippen molar-refractivity contribution in [1.29, 1.82) is 0 Å². The third-order valence-electron chi connectivity index (χ3n) is 6.58. The number of benzene rings is 2. The van der Waals surface area contributed by atoms with Gasteiger partial charge in [-0.15, -0.1) is 0 Å². The fourth-order valence-electron chi connectivity index (χ4n) is 4.68. The van der Waals surface area contributed by atoms with Crippen LogP contribution in [0, 0.1) is 5.82 Å². The van der Waals surface area contributed by atoms with Crippen molar-refractivity contribution in [1.82, 2.24) is 24.3 Å². The normalized spacial score (nSPS) is 16.7. The number of phenolic OH excluding ortho intramolecular Hbond substituents is 1. The first-order valence-corrected chi connectivity index (χ1v) is 11.7. The van der Waals surface area contributed by atoms with Crippen molar-refractivity contribution in [2.45, 2.75) is 18.8 Å². The van der Waals surface area contributed by atoms with Crippen LogP contribution in [0.1, 0.15) is 29.3 Å². The van der Waals surface area contributed by atoms with Crippen molar-refractivity contribution >= 4 is 34.8 Å². The Morgan fingerprint density at radius 1 is 1.19 bits per heavy atom. The van der Waals surface area contributed by atoms with E-state index in [9.17, 15) is 14.3 Å². The van der Waals surface area contributed by atoms with Gasteiger partial charge in [0.2, 0.25) is 5.91 Å². The summed E-state index contributed by atoms with van der Waals surface area (Å²) in [6.45, 7) is 1.61. The third-order valence-corrected chi connectivity index (χ3v) is 6.82. The zero-order valence-corrected chi connectivity index (χ0v) is 20.2. The quantitative estimate of drug-likeness (QED) is 0.328. The van der Waals surface area contributed by atoms with Crippen LogP contribution in [0.15, 0.2) is 61.1 Å². The molecule has 0 saturated heterocycles. The van der Waals surface area contributed by atoms with Crippen LogP contribution in [-0.4, -0.2) is 35.4 Å². The molecule has 0 saturated carbocycles. The standard InChI is InChI=1S/C26H19ClFN7O2/c1-26(14-5-6-19(36)16(28)11-14)20-21(29)32-22(33-23(20)34-25(26)37)18-12-35-8-7-30-24(35)17(31-18)10-13-3-2-4-15(27)9-13/h2-9,11-12,36H,10H2,1H3,(H3,29,32,33,34,37)/t26-/m0/s1. The number of halogens is 2. The highest BCUT2D eigenvalue weighted by atomic mass is 35.5. The molecule has 0 spiro atoms. The molecule has 0 radical (unpaired) electrons. The van der Waals surface area contributed by atoms with Gasteiger partial charge in [-0.25, -0.2) is 24.3 Å². The fourth-order valence-corrected chi connectivity index (χ4v) is 4.89. The average Bonchev–Trinajstić information content (AvgIpc) is 3.44. The minimum absolute atomic E-state index is 0.0539. The number of nitrogens with one attached hydrogen (secondary N) is 1. The summed E-state index contributed by atoms with van der Waals surface area (Å²) in [4.78, 5) is 31.4. The topological polar surface area (TPSA) is 131 Å². The van der Waals surface area contributed by atoms with Gasteiger partial charge in [0.25, 0.3) is 0 Å². The molecule has 37 heavy (non-hydrogen) atoms. The van der Waals surface area contributed by atoms with Crippen molar-refractivity contribution in [3.8, 4) is 17.3 Å². The summed E-state index contributed by atoms with van der Waals surface area (Å²) in [5.74, 6) is -1.32. The van der Waals surface area contributed by atoms with Crippen LogP contribution in [0.4, 0.5) is 16.0 Å². The van der Waals surface area contributed by atoms with Gasteiger partial charge in [0.05, 0.1) is 11.3 Å². The zero-order valence-electron chi connectivity index (χ0n) is 19.4. The van der Waals surface area contributed by atoms with E-state index in [1.807, 2.05) is 22.6 Å². The van der Waals surface area contributed by atoms with E-state index in [-0.39, 0.29) is 17.5 Å². The number of amides is 1. The van der Waals surface area contributed by atoms with Crippen LogP contribution in [0.25, 0.3) is 17.2 Å². The summed E-state index contributed by atoms with van der Waals surface area (Å²) >= 11 is 6.16. The van der Waals surface area contributed by atoms with Gasteiger partial charge >= 0.3 is 0 Å². The highest BCUT2D eigenvalue weighted by Gasteiger charge is 2.48. The number of anilines is 2. The SMILES string of the molecule is C[C@@]1(c2ccc(O)c(F)c2)C(=O)Nc2nc(-c3cn4ccnc4c(Cc4cccc(Cl)c4)n3)nc(N)c21. The lowest BCUT2D eigenvalue weighted by atomic mass is 9.77. The van der Waals surface area contributed by atoms with E-state index in [0.29, 0.717) is 39.6 Å². The molecule has 184 valence electrons. The molecule has 2 aromatic carbocycles. The van der Waals surface area contributed by atoms with Gasteiger partial charge in [-0.2, -0.15) is 0 Å². The Morgan fingerprint density at radius 3 is 2.81 bits per heavy atom. The minimum atomic E-state index is -1.36. The largest absolute Gasteiger partial charge is 0.505 e. The van der Waals surface area contributed by atoms with E-state index in [1.165, 1.54) is 12.1 Å². The lowest BCUT2D eigenvalue weighted by molar-refractivity contribution is -0.119. The second-order valence-corrected chi connectivity index (χ2v) is 9.38. The summed E-state index contributed by atoms with van der Waals surface area (Å²) < 4.78 is 16.0. The van der Waals surface area contributed by atoms with E-state index in [2.05, 4.69) is 20.3 Å². The van der Waals surface area contributed by atoms with Crippen molar-refractivity contribution in [2.75, 3.05) is 11.1 Å². The van der Waals surface area contributed by atoms with Crippen LogP contribution in [-0.2, 0) is 16.6 Å². The Hall–Kier alpha value is -4.57. The number of carbonyl (C=O) groups excluding carboxylic acids is 1. The molecule has 6 rings (SSSR count). The van der Waals surface area contributed by atoms with Crippen molar-refractivity contribution < 1.29 is 14.3 Å². The molecule has 4 N–H and O–H groups in total. The van der Waals surface area contributed by atoms with Crippen molar-refractivity contribution in [2.24, 2.45) is 0 Å². The number of hydrogen-bond donors (Lipinski definition) is 3. The third kappa shape index (κ3) is 3.64. The van der Waals surface area contributed by atoms with Crippen LogP contribution in [0.5, 0.6) is 5.75 Å². The van der Waals surface area contributed by atoms with Gasteiger partial charge < -0.3 is 20.6 Å². The number of aromatic nitrogens is 5. The molecule has 0 fully saturated rings. The molecule has 0 aliphatic carbocycles. The van der Waals surface area contributed by atoms with Crippen molar-refractivity contribution in [3.63, 3.8) is 0 Å². The van der Waals surface area contributed by atoms with Gasteiger partial charge in [-0.05, 0) is 42.3 Å². The number of nitrogens with two attached hydrogens (primary N) is 1. The summed E-state index contributed by atoms with van der Waals surface area (Å²) in [5.41, 5.74) is 8.40. The molecule has 5 aromatic rings. The summed E-state index contributed by atoms with van der Waals surface area (Å²) in [5, 5.41) is 13.0. The Morgan fingerprint density at radius 2 is 2.03 bits per heavy atom. The smallest absolute Gasteiger partial charge is 0.240 e. The average molecular weight is 516 g/mol. The predicted molar refractivity (Wildman–Crippen MR) is 136 cm³/mol. The zero-order chi connectivity index (χ0) is 25.9. The molecule has 1 aliphatic heterocycles. The number of fused-ring (bicyclic) bond motifs is 2. The number of rotatable bonds is 4. The second kappa shape index (κ2) is 8.24. The molecule has 3 aromatic heterocycles. The molecular weight excluding hydrogens is 497 g/mol.